The third-order valence-electron chi connectivity index (χ3n) is 3.62. The Balaban J connectivity index is 2.35. The van der Waals surface area contributed by atoms with Crippen LogP contribution in [0.25, 0.3) is 0 Å². The van der Waals surface area contributed by atoms with E-state index in [0.29, 0.717) is 17.0 Å². The van der Waals surface area contributed by atoms with Crippen molar-refractivity contribution >= 4 is 17.6 Å². The Kier molecular flexibility index (Phi) is 5.46. The van der Waals surface area contributed by atoms with Gasteiger partial charge in [0.25, 0.3) is 5.91 Å². The molecule has 25 heavy (non-hydrogen) atoms. The Morgan fingerprint density at radius 1 is 1.24 bits per heavy atom. The average molecular weight is 345 g/mol. The summed E-state index contributed by atoms with van der Waals surface area (Å²) >= 11 is 0. The van der Waals surface area contributed by atoms with E-state index in [1.54, 1.807) is 10.7 Å². The number of aromatic nitrogens is 2. The Hall–Kier alpha value is -2.83. The van der Waals surface area contributed by atoms with Gasteiger partial charge in [0.05, 0.1) is 29.1 Å². The van der Waals surface area contributed by atoms with Gasteiger partial charge in [-0.3, -0.25) is 9.48 Å². The van der Waals surface area contributed by atoms with Crippen molar-refractivity contribution in [1.29, 1.82) is 0 Å². The second kappa shape index (κ2) is 7.38. The Morgan fingerprint density at radius 2 is 1.92 bits per heavy atom. The number of carboxylic acid groups (broad SMARTS) is 1. The molecule has 0 radical (unpaired) electrons. The number of carbonyl (C=O) groups excluding carboxylic acids is 1. The number of aromatic carboxylic acids is 1. The minimum Gasteiger partial charge on any atom is -0.489 e. The third kappa shape index (κ3) is 4.17. The Morgan fingerprint density at radius 3 is 2.44 bits per heavy atom. The zero-order valence-corrected chi connectivity index (χ0v) is 15.0. The van der Waals surface area contributed by atoms with E-state index in [9.17, 15) is 14.7 Å². The molecule has 2 rings (SSSR count). The molecule has 0 fully saturated rings. The zero-order chi connectivity index (χ0) is 18.7. The van der Waals surface area contributed by atoms with E-state index in [4.69, 9.17) is 4.74 Å². The molecule has 0 unspecified atom stereocenters. The van der Waals surface area contributed by atoms with Crippen molar-refractivity contribution in [3.63, 3.8) is 0 Å². The van der Waals surface area contributed by atoms with Crippen LogP contribution in [0, 0.1) is 6.92 Å². The van der Waals surface area contributed by atoms with Gasteiger partial charge in [0, 0.05) is 11.7 Å². The molecular weight excluding hydrogens is 322 g/mol. The van der Waals surface area contributed by atoms with E-state index >= 15 is 0 Å². The van der Waals surface area contributed by atoms with Crippen LogP contribution in [0.4, 0.5) is 5.69 Å². The molecule has 0 aliphatic carbocycles. The SMILES string of the molecule is Cc1c(C(=O)Nc2cc(C(=O)O)ccc2OC(C)C)cnn1C(C)C. The van der Waals surface area contributed by atoms with Crippen LogP contribution < -0.4 is 10.1 Å². The van der Waals surface area contributed by atoms with Gasteiger partial charge in [-0.2, -0.15) is 5.10 Å². The summed E-state index contributed by atoms with van der Waals surface area (Å²) in [6, 6.07) is 4.51. The molecule has 0 aliphatic rings. The highest BCUT2D eigenvalue weighted by Gasteiger charge is 2.18. The summed E-state index contributed by atoms with van der Waals surface area (Å²) in [4.78, 5) is 23.8. The average Bonchev–Trinajstić information content (AvgIpc) is 2.90. The Labute approximate surface area is 146 Å². The number of hydrogen-bond donors (Lipinski definition) is 2. The summed E-state index contributed by atoms with van der Waals surface area (Å²) < 4.78 is 7.42. The van der Waals surface area contributed by atoms with E-state index in [-0.39, 0.29) is 23.6 Å². The van der Waals surface area contributed by atoms with Gasteiger partial charge in [-0.25, -0.2) is 4.79 Å². The van der Waals surface area contributed by atoms with Crippen LogP contribution in [0.2, 0.25) is 0 Å². The summed E-state index contributed by atoms with van der Waals surface area (Å²) in [5.74, 6) is -1.02. The number of nitrogens with zero attached hydrogens (tertiary/aromatic N) is 2. The highest BCUT2D eigenvalue weighted by Crippen LogP contribution is 2.28. The fraction of sp³-hybridized carbons (Fsp3) is 0.389. The molecule has 1 aromatic carbocycles. The van der Waals surface area contributed by atoms with Crippen molar-refractivity contribution in [2.45, 2.75) is 46.8 Å². The Bertz CT molecular complexity index is 794. The van der Waals surface area contributed by atoms with Crippen LogP contribution in [0.1, 0.15) is 60.1 Å². The van der Waals surface area contributed by atoms with Crippen molar-refractivity contribution < 1.29 is 19.4 Å². The number of hydrogen-bond acceptors (Lipinski definition) is 4. The number of carboxylic acids is 1. The number of benzene rings is 1. The van der Waals surface area contributed by atoms with Gasteiger partial charge < -0.3 is 15.2 Å². The fourth-order valence-corrected chi connectivity index (χ4v) is 2.47. The molecule has 1 heterocycles. The van der Waals surface area contributed by atoms with Gasteiger partial charge in [-0.1, -0.05) is 0 Å². The number of ether oxygens (including phenoxy) is 1. The minimum atomic E-state index is -1.07. The van der Waals surface area contributed by atoms with Crippen LogP contribution >= 0.6 is 0 Å². The number of rotatable bonds is 6. The number of amides is 1. The molecule has 2 aromatic rings. The number of anilines is 1. The van der Waals surface area contributed by atoms with Crippen LogP contribution in [0.3, 0.4) is 0 Å². The van der Waals surface area contributed by atoms with Gasteiger partial charge in [0.15, 0.2) is 0 Å². The maximum Gasteiger partial charge on any atom is 0.335 e. The number of nitrogens with one attached hydrogen (secondary N) is 1. The standard InChI is InChI=1S/C18H23N3O4/c1-10(2)21-12(5)14(9-19-21)17(22)20-15-8-13(18(23)24)6-7-16(15)25-11(3)4/h6-11H,1-5H3,(H,20,22)(H,23,24). The summed E-state index contributed by atoms with van der Waals surface area (Å²) in [6.07, 6.45) is 1.39. The van der Waals surface area contributed by atoms with Crippen LogP contribution in [-0.2, 0) is 0 Å². The maximum atomic E-state index is 12.6. The van der Waals surface area contributed by atoms with Gasteiger partial charge in [0.2, 0.25) is 0 Å². The topological polar surface area (TPSA) is 93.5 Å². The van der Waals surface area contributed by atoms with Crippen LogP contribution in [0.5, 0.6) is 5.75 Å². The lowest BCUT2D eigenvalue weighted by molar-refractivity contribution is 0.0696. The molecule has 2 N–H and O–H groups in total. The lowest BCUT2D eigenvalue weighted by atomic mass is 10.1. The van der Waals surface area contributed by atoms with Gasteiger partial charge in [-0.15, -0.1) is 0 Å². The van der Waals surface area contributed by atoms with Crippen molar-refractivity contribution in [2.75, 3.05) is 5.32 Å². The molecular formula is C18H23N3O4. The minimum absolute atomic E-state index is 0.0704. The first-order valence-electron chi connectivity index (χ1n) is 8.10. The van der Waals surface area contributed by atoms with E-state index in [1.807, 2.05) is 34.6 Å². The predicted octanol–water partition coefficient (Wildman–Crippen LogP) is 3.51. The zero-order valence-electron chi connectivity index (χ0n) is 15.0. The number of carbonyl (C=O) groups is 2. The molecule has 0 bridgehead atoms. The molecule has 134 valence electrons. The van der Waals surface area contributed by atoms with Crippen molar-refractivity contribution in [3.8, 4) is 5.75 Å². The first-order chi connectivity index (χ1) is 11.7. The summed E-state index contributed by atoms with van der Waals surface area (Å²) in [7, 11) is 0. The van der Waals surface area contributed by atoms with Crippen molar-refractivity contribution in [3.05, 3.63) is 41.2 Å². The van der Waals surface area contributed by atoms with E-state index in [1.165, 1.54) is 18.3 Å². The molecule has 1 amide bonds. The smallest absolute Gasteiger partial charge is 0.335 e. The normalized spacial score (nSPS) is 11.0. The van der Waals surface area contributed by atoms with Crippen LogP contribution in [-0.4, -0.2) is 32.9 Å². The second-order valence-corrected chi connectivity index (χ2v) is 6.32. The van der Waals surface area contributed by atoms with Crippen LogP contribution in [0.15, 0.2) is 24.4 Å². The third-order valence-corrected chi connectivity index (χ3v) is 3.62. The largest absolute Gasteiger partial charge is 0.489 e. The highest BCUT2D eigenvalue weighted by molar-refractivity contribution is 6.06. The monoisotopic (exact) mass is 345 g/mol. The molecule has 0 spiro atoms. The van der Waals surface area contributed by atoms with Crippen molar-refractivity contribution in [2.24, 2.45) is 0 Å². The van der Waals surface area contributed by atoms with Gasteiger partial charge >= 0.3 is 5.97 Å². The van der Waals surface area contributed by atoms with E-state index < -0.39 is 5.97 Å². The second-order valence-electron chi connectivity index (χ2n) is 6.32. The van der Waals surface area contributed by atoms with Gasteiger partial charge in [-0.05, 0) is 52.8 Å². The highest BCUT2D eigenvalue weighted by atomic mass is 16.5. The summed E-state index contributed by atoms with van der Waals surface area (Å²) in [5, 5.41) is 16.1. The molecule has 7 heteroatoms. The van der Waals surface area contributed by atoms with Gasteiger partial charge in [0.1, 0.15) is 5.75 Å². The summed E-state index contributed by atoms with van der Waals surface area (Å²) in [6.45, 7) is 9.49. The molecule has 0 aliphatic heterocycles. The molecule has 0 saturated carbocycles. The van der Waals surface area contributed by atoms with E-state index in [0.717, 1.165) is 5.69 Å². The molecule has 0 atom stereocenters. The first kappa shape index (κ1) is 18.5. The maximum absolute atomic E-state index is 12.6. The molecule has 1 aromatic heterocycles. The lowest BCUT2D eigenvalue weighted by Gasteiger charge is -2.15. The van der Waals surface area contributed by atoms with Crippen molar-refractivity contribution in [1.82, 2.24) is 9.78 Å². The van der Waals surface area contributed by atoms with E-state index in [2.05, 4.69) is 10.4 Å². The fourth-order valence-electron chi connectivity index (χ4n) is 2.47. The molecule has 7 nitrogen and oxygen atoms in total. The quantitative estimate of drug-likeness (QED) is 0.835. The predicted molar refractivity (Wildman–Crippen MR) is 94.5 cm³/mol. The lowest BCUT2D eigenvalue weighted by Crippen LogP contribution is -2.16. The molecule has 0 saturated heterocycles. The first-order valence-corrected chi connectivity index (χ1v) is 8.10. The summed E-state index contributed by atoms with van der Waals surface area (Å²) in [5.41, 5.74) is 1.56.